The van der Waals surface area contributed by atoms with Gasteiger partial charge in [0.1, 0.15) is 11.5 Å². The van der Waals surface area contributed by atoms with Crippen LogP contribution in [-0.2, 0) is 16.0 Å². The molecular weight excluding hydrogens is 370 g/mol. The Morgan fingerprint density at radius 3 is 2.76 bits per heavy atom. The number of carbonyl (C=O) groups excluding carboxylic acids is 2. The molecule has 0 aromatic heterocycles. The lowest BCUT2D eigenvalue weighted by atomic mass is 9.93. The third-order valence-electron chi connectivity index (χ3n) is 5.01. The summed E-state index contributed by atoms with van der Waals surface area (Å²) in [6, 6.07) is 14.5. The van der Waals surface area contributed by atoms with Crippen LogP contribution in [0.5, 0.6) is 11.5 Å². The molecule has 2 unspecified atom stereocenters. The van der Waals surface area contributed by atoms with E-state index in [1.165, 1.54) is 7.11 Å². The maximum atomic E-state index is 12.5. The molecule has 0 saturated heterocycles. The Labute approximate surface area is 169 Å². The van der Waals surface area contributed by atoms with Crippen LogP contribution in [0.1, 0.15) is 36.4 Å². The van der Waals surface area contributed by atoms with E-state index >= 15 is 0 Å². The Balaban J connectivity index is 1.61. The first kappa shape index (κ1) is 20.4. The minimum atomic E-state index is -0.449. The molecule has 2 atom stereocenters. The van der Waals surface area contributed by atoms with Crippen molar-refractivity contribution < 1.29 is 19.1 Å². The van der Waals surface area contributed by atoms with Crippen molar-refractivity contribution in [3.63, 3.8) is 0 Å². The van der Waals surface area contributed by atoms with Crippen LogP contribution in [0.3, 0.4) is 0 Å². The van der Waals surface area contributed by atoms with Crippen molar-refractivity contribution in [1.82, 2.24) is 5.32 Å². The van der Waals surface area contributed by atoms with Gasteiger partial charge in [-0.05, 0) is 30.5 Å². The fourth-order valence-electron chi connectivity index (χ4n) is 3.43. The molecule has 4 N–H and O–H groups in total. The van der Waals surface area contributed by atoms with Crippen molar-refractivity contribution in [2.24, 2.45) is 11.7 Å². The van der Waals surface area contributed by atoms with Gasteiger partial charge in [-0.15, -0.1) is 0 Å². The van der Waals surface area contributed by atoms with E-state index in [0.29, 0.717) is 24.3 Å². The molecular formula is C22H25N3O4. The molecule has 1 aliphatic heterocycles. The molecule has 0 saturated carbocycles. The van der Waals surface area contributed by atoms with Crippen molar-refractivity contribution >= 4 is 17.7 Å². The Kier molecular flexibility index (Phi) is 6.49. The molecule has 2 aromatic carbocycles. The molecule has 7 heteroatoms. The number of nitrogens with two attached hydrogens (primary N) is 1. The summed E-state index contributed by atoms with van der Waals surface area (Å²) >= 11 is 0. The lowest BCUT2D eigenvalue weighted by Crippen LogP contribution is -2.35. The van der Waals surface area contributed by atoms with Gasteiger partial charge in [0.25, 0.3) is 0 Å². The van der Waals surface area contributed by atoms with Crippen LogP contribution in [0, 0.1) is 11.3 Å². The second-order valence-corrected chi connectivity index (χ2v) is 7.08. The SMILES string of the molecule is COc1ccc2c(c1)OC(=O)CC2NC(=O)CCC(Cc1ccccc1)C(=N)N. The molecule has 0 radical (unpaired) electrons. The third kappa shape index (κ3) is 5.34. The molecule has 0 fully saturated rings. The van der Waals surface area contributed by atoms with E-state index in [0.717, 1.165) is 11.1 Å². The van der Waals surface area contributed by atoms with Crippen molar-refractivity contribution in [2.75, 3.05) is 7.11 Å². The minimum Gasteiger partial charge on any atom is -0.497 e. The molecule has 29 heavy (non-hydrogen) atoms. The van der Waals surface area contributed by atoms with Crippen molar-refractivity contribution in [2.45, 2.75) is 31.7 Å². The summed E-state index contributed by atoms with van der Waals surface area (Å²) in [6.45, 7) is 0. The van der Waals surface area contributed by atoms with Crippen molar-refractivity contribution in [1.29, 1.82) is 5.41 Å². The number of benzene rings is 2. The first-order valence-electron chi connectivity index (χ1n) is 9.52. The fourth-order valence-corrected chi connectivity index (χ4v) is 3.43. The average molecular weight is 395 g/mol. The van der Waals surface area contributed by atoms with Crippen molar-refractivity contribution in [3.05, 3.63) is 59.7 Å². The quantitative estimate of drug-likeness (QED) is 0.275. The van der Waals surface area contributed by atoms with Gasteiger partial charge in [0, 0.05) is 24.0 Å². The summed E-state index contributed by atoms with van der Waals surface area (Å²) in [5, 5.41) is 10.7. The van der Waals surface area contributed by atoms with E-state index in [-0.39, 0.29) is 30.5 Å². The number of ether oxygens (including phenoxy) is 2. The summed E-state index contributed by atoms with van der Waals surface area (Å²) in [5.74, 6) is 0.245. The summed E-state index contributed by atoms with van der Waals surface area (Å²) < 4.78 is 10.4. The van der Waals surface area contributed by atoms with Gasteiger partial charge in [-0.3, -0.25) is 15.0 Å². The second-order valence-electron chi connectivity index (χ2n) is 7.08. The summed E-state index contributed by atoms with van der Waals surface area (Å²) in [5.41, 5.74) is 7.56. The minimum absolute atomic E-state index is 0.0698. The van der Waals surface area contributed by atoms with Crippen LogP contribution in [0.4, 0.5) is 0 Å². The van der Waals surface area contributed by atoms with E-state index in [4.69, 9.17) is 20.6 Å². The molecule has 2 aromatic rings. The van der Waals surface area contributed by atoms with Gasteiger partial charge in [-0.2, -0.15) is 0 Å². The number of rotatable bonds is 8. The highest BCUT2D eigenvalue weighted by Gasteiger charge is 2.29. The lowest BCUT2D eigenvalue weighted by Gasteiger charge is -2.26. The largest absolute Gasteiger partial charge is 0.497 e. The van der Waals surface area contributed by atoms with Gasteiger partial charge in [-0.25, -0.2) is 0 Å². The lowest BCUT2D eigenvalue weighted by molar-refractivity contribution is -0.136. The highest BCUT2D eigenvalue weighted by Crippen LogP contribution is 2.35. The predicted molar refractivity (Wildman–Crippen MR) is 109 cm³/mol. The van der Waals surface area contributed by atoms with Crippen LogP contribution in [0.15, 0.2) is 48.5 Å². The molecule has 3 rings (SSSR count). The van der Waals surface area contributed by atoms with Gasteiger partial charge in [-0.1, -0.05) is 30.3 Å². The first-order chi connectivity index (χ1) is 14.0. The number of nitrogens with one attached hydrogen (secondary N) is 2. The van der Waals surface area contributed by atoms with Gasteiger partial charge in [0.15, 0.2) is 0 Å². The van der Waals surface area contributed by atoms with E-state index in [1.54, 1.807) is 18.2 Å². The Hall–Kier alpha value is -3.35. The molecule has 152 valence electrons. The summed E-state index contributed by atoms with van der Waals surface area (Å²) in [7, 11) is 1.53. The standard InChI is InChI=1S/C22H25N3O4/c1-28-16-8-9-17-18(13-21(27)29-19(17)12-16)25-20(26)10-7-15(22(23)24)11-14-5-3-2-4-6-14/h2-6,8-9,12,15,18H,7,10-11,13H2,1H3,(H3,23,24)(H,25,26). The van der Waals surface area contributed by atoms with E-state index in [2.05, 4.69) is 5.32 Å². The topological polar surface area (TPSA) is 114 Å². The highest BCUT2D eigenvalue weighted by molar-refractivity contribution is 5.83. The van der Waals surface area contributed by atoms with Gasteiger partial charge < -0.3 is 20.5 Å². The predicted octanol–water partition coefficient (Wildman–Crippen LogP) is 2.74. The Morgan fingerprint density at radius 1 is 1.31 bits per heavy atom. The zero-order valence-electron chi connectivity index (χ0n) is 16.3. The highest BCUT2D eigenvalue weighted by atomic mass is 16.5. The zero-order chi connectivity index (χ0) is 20.8. The van der Waals surface area contributed by atoms with Crippen LogP contribution < -0.4 is 20.5 Å². The fraction of sp³-hybridized carbons (Fsp3) is 0.318. The maximum Gasteiger partial charge on any atom is 0.313 e. The van der Waals surface area contributed by atoms with E-state index in [9.17, 15) is 9.59 Å². The average Bonchev–Trinajstić information content (AvgIpc) is 2.71. The number of amides is 1. The third-order valence-corrected chi connectivity index (χ3v) is 5.01. The van der Waals surface area contributed by atoms with Crippen LogP contribution in [0.2, 0.25) is 0 Å². The summed E-state index contributed by atoms with van der Waals surface area (Å²) in [6.07, 6.45) is 1.36. The molecule has 0 bridgehead atoms. The van der Waals surface area contributed by atoms with Gasteiger partial charge in [0.05, 0.1) is 25.4 Å². The van der Waals surface area contributed by atoms with Crippen LogP contribution >= 0.6 is 0 Å². The van der Waals surface area contributed by atoms with Gasteiger partial charge in [0.2, 0.25) is 5.91 Å². The number of hydrogen-bond acceptors (Lipinski definition) is 5. The molecule has 7 nitrogen and oxygen atoms in total. The van der Waals surface area contributed by atoms with E-state index < -0.39 is 12.0 Å². The smallest absolute Gasteiger partial charge is 0.313 e. The number of hydrogen-bond donors (Lipinski definition) is 3. The Morgan fingerprint density at radius 2 is 2.07 bits per heavy atom. The monoisotopic (exact) mass is 395 g/mol. The first-order valence-corrected chi connectivity index (χ1v) is 9.52. The number of methoxy groups -OCH3 is 1. The zero-order valence-corrected chi connectivity index (χ0v) is 16.3. The maximum absolute atomic E-state index is 12.5. The van der Waals surface area contributed by atoms with Crippen LogP contribution in [0.25, 0.3) is 0 Å². The number of amidine groups is 1. The molecule has 1 heterocycles. The van der Waals surface area contributed by atoms with Crippen LogP contribution in [-0.4, -0.2) is 24.8 Å². The second kappa shape index (κ2) is 9.23. The number of carbonyl (C=O) groups is 2. The molecule has 0 spiro atoms. The Bertz CT molecular complexity index is 898. The normalized spacial score (nSPS) is 16.3. The van der Waals surface area contributed by atoms with Gasteiger partial charge >= 0.3 is 5.97 Å². The molecule has 1 aliphatic rings. The molecule has 1 amide bonds. The molecule has 0 aliphatic carbocycles. The van der Waals surface area contributed by atoms with Crippen molar-refractivity contribution in [3.8, 4) is 11.5 Å². The summed E-state index contributed by atoms with van der Waals surface area (Å²) in [4.78, 5) is 24.4. The van der Waals surface area contributed by atoms with E-state index in [1.807, 2.05) is 30.3 Å². The number of esters is 1. The number of fused-ring (bicyclic) bond motifs is 1.